The van der Waals surface area contributed by atoms with Gasteiger partial charge in [-0.05, 0) is 38.5 Å². The Bertz CT molecular complexity index is 892. The van der Waals surface area contributed by atoms with Crippen molar-refractivity contribution in [1.29, 1.82) is 0 Å². The van der Waals surface area contributed by atoms with E-state index in [0.717, 1.165) is 16.8 Å². The maximum absolute atomic E-state index is 12.5. The largest absolute Gasteiger partial charge is 0.363 e. The molecule has 3 aromatic rings. The first-order valence-electron chi connectivity index (χ1n) is 8.56. The molecule has 1 amide bonds. The van der Waals surface area contributed by atoms with E-state index >= 15 is 0 Å². The molecule has 1 atom stereocenters. The number of carbonyl (C=O) groups is 1. The summed E-state index contributed by atoms with van der Waals surface area (Å²) in [6.45, 7) is 5.84. The Morgan fingerprint density at radius 3 is 2.35 bits per heavy atom. The second-order valence-corrected chi connectivity index (χ2v) is 6.28. The van der Waals surface area contributed by atoms with Gasteiger partial charge < -0.3 is 10.6 Å². The Kier molecular flexibility index (Phi) is 5.27. The van der Waals surface area contributed by atoms with Gasteiger partial charge in [-0.2, -0.15) is 0 Å². The lowest BCUT2D eigenvalue weighted by Crippen LogP contribution is -2.16. The number of aryl methyl sites for hydroxylation is 2. The molecular formula is C21H22N4O. The molecule has 0 saturated carbocycles. The van der Waals surface area contributed by atoms with Gasteiger partial charge in [0.15, 0.2) is 0 Å². The number of hydrogen-bond donors (Lipinski definition) is 2. The lowest BCUT2D eigenvalue weighted by Gasteiger charge is -2.16. The summed E-state index contributed by atoms with van der Waals surface area (Å²) < 4.78 is 0. The van der Waals surface area contributed by atoms with Crippen molar-refractivity contribution in [2.24, 2.45) is 0 Å². The van der Waals surface area contributed by atoms with Gasteiger partial charge >= 0.3 is 0 Å². The molecule has 0 aliphatic rings. The fraction of sp³-hybridized carbons (Fsp3) is 0.190. The van der Waals surface area contributed by atoms with Gasteiger partial charge in [0.05, 0.1) is 0 Å². The van der Waals surface area contributed by atoms with Crippen LogP contribution in [0.25, 0.3) is 0 Å². The highest BCUT2D eigenvalue weighted by Crippen LogP contribution is 2.19. The Hall–Kier alpha value is -3.21. The van der Waals surface area contributed by atoms with Gasteiger partial charge in [-0.1, -0.05) is 48.0 Å². The molecule has 0 aliphatic heterocycles. The summed E-state index contributed by atoms with van der Waals surface area (Å²) >= 11 is 0. The topological polar surface area (TPSA) is 66.9 Å². The average molecular weight is 346 g/mol. The summed E-state index contributed by atoms with van der Waals surface area (Å²) in [4.78, 5) is 21.2. The smallest absolute Gasteiger partial charge is 0.274 e. The molecule has 0 fully saturated rings. The zero-order valence-electron chi connectivity index (χ0n) is 15.2. The van der Waals surface area contributed by atoms with Gasteiger partial charge in [-0.3, -0.25) is 4.79 Å². The molecule has 1 aromatic heterocycles. The summed E-state index contributed by atoms with van der Waals surface area (Å²) in [5, 5.41) is 6.20. The number of anilines is 2. The molecule has 1 unspecified atom stereocenters. The summed E-state index contributed by atoms with van der Waals surface area (Å²) in [5.74, 6) is 0.919. The van der Waals surface area contributed by atoms with E-state index in [4.69, 9.17) is 0 Å². The van der Waals surface area contributed by atoms with Crippen LogP contribution in [-0.2, 0) is 0 Å². The van der Waals surface area contributed by atoms with Gasteiger partial charge in [0, 0.05) is 17.8 Å². The van der Waals surface area contributed by atoms with Crippen LogP contribution in [0.15, 0.2) is 60.7 Å². The molecule has 2 aromatic carbocycles. The normalized spacial score (nSPS) is 11.7. The molecule has 0 spiro atoms. The predicted octanol–water partition coefficient (Wildman–Crippen LogP) is 4.52. The quantitative estimate of drug-likeness (QED) is 0.713. The van der Waals surface area contributed by atoms with Gasteiger partial charge in [0.25, 0.3) is 5.91 Å². The lowest BCUT2D eigenvalue weighted by molar-refractivity contribution is 0.102. The van der Waals surface area contributed by atoms with E-state index in [1.807, 2.05) is 49.4 Å². The third kappa shape index (κ3) is 4.45. The SMILES string of the molecule is Cc1ccc(NC(=O)c2cc(NC(C)c3ccccc3)nc(C)n2)cc1. The van der Waals surface area contributed by atoms with Crippen molar-refractivity contribution < 1.29 is 4.79 Å². The van der Waals surface area contributed by atoms with Crippen LogP contribution in [0.2, 0.25) is 0 Å². The number of aromatic nitrogens is 2. The zero-order valence-corrected chi connectivity index (χ0v) is 15.2. The maximum atomic E-state index is 12.5. The Morgan fingerprint density at radius 2 is 1.65 bits per heavy atom. The number of rotatable bonds is 5. The number of amides is 1. The minimum Gasteiger partial charge on any atom is -0.363 e. The molecule has 26 heavy (non-hydrogen) atoms. The Labute approximate surface area is 153 Å². The van der Waals surface area contributed by atoms with E-state index < -0.39 is 0 Å². The Morgan fingerprint density at radius 1 is 0.962 bits per heavy atom. The summed E-state index contributed by atoms with van der Waals surface area (Å²) in [7, 11) is 0. The predicted molar refractivity (Wildman–Crippen MR) is 104 cm³/mol. The van der Waals surface area contributed by atoms with Crippen molar-refractivity contribution >= 4 is 17.4 Å². The summed E-state index contributed by atoms with van der Waals surface area (Å²) in [5.41, 5.74) is 3.36. The van der Waals surface area contributed by atoms with Crippen molar-refractivity contribution in [3.05, 3.63) is 83.3 Å². The van der Waals surface area contributed by atoms with Crippen LogP contribution in [0, 0.1) is 13.8 Å². The van der Waals surface area contributed by atoms with Crippen LogP contribution in [0.4, 0.5) is 11.5 Å². The van der Waals surface area contributed by atoms with Crippen LogP contribution in [0.5, 0.6) is 0 Å². The lowest BCUT2D eigenvalue weighted by atomic mass is 10.1. The van der Waals surface area contributed by atoms with Crippen molar-refractivity contribution in [3.8, 4) is 0 Å². The van der Waals surface area contributed by atoms with Gasteiger partial charge in [0.2, 0.25) is 0 Å². The first kappa shape index (κ1) is 17.6. The van der Waals surface area contributed by atoms with E-state index in [1.54, 1.807) is 13.0 Å². The first-order chi connectivity index (χ1) is 12.5. The van der Waals surface area contributed by atoms with Crippen LogP contribution in [0.3, 0.4) is 0 Å². The second-order valence-electron chi connectivity index (χ2n) is 6.28. The summed E-state index contributed by atoms with van der Waals surface area (Å²) in [6.07, 6.45) is 0. The third-order valence-electron chi connectivity index (χ3n) is 4.04. The van der Waals surface area contributed by atoms with Gasteiger partial charge in [-0.25, -0.2) is 9.97 Å². The fourth-order valence-electron chi connectivity index (χ4n) is 2.64. The molecule has 132 valence electrons. The van der Waals surface area contributed by atoms with Crippen LogP contribution < -0.4 is 10.6 Å². The molecule has 5 nitrogen and oxygen atoms in total. The molecule has 5 heteroatoms. The number of benzene rings is 2. The second kappa shape index (κ2) is 7.78. The number of hydrogen-bond acceptors (Lipinski definition) is 4. The van der Waals surface area contributed by atoms with E-state index in [9.17, 15) is 4.79 Å². The highest BCUT2D eigenvalue weighted by Gasteiger charge is 2.13. The van der Waals surface area contributed by atoms with E-state index in [2.05, 4.69) is 39.7 Å². The van der Waals surface area contributed by atoms with Gasteiger partial charge in [-0.15, -0.1) is 0 Å². The fourth-order valence-corrected chi connectivity index (χ4v) is 2.64. The monoisotopic (exact) mass is 346 g/mol. The summed E-state index contributed by atoms with van der Waals surface area (Å²) in [6, 6.07) is 19.5. The molecule has 2 N–H and O–H groups in total. The average Bonchev–Trinajstić information content (AvgIpc) is 2.64. The Balaban J connectivity index is 1.76. The van der Waals surface area contributed by atoms with E-state index in [-0.39, 0.29) is 11.9 Å². The van der Waals surface area contributed by atoms with Crippen molar-refractivity contribution in [2.75, 3.05) is 10.6 Å². The first-order valence-corrected chi connectivity index (χ1v) is 8.56. The molecule has 0 saturated heterocycles. The standard InChI is InChI=1S/C21H22N4O/c1-14-9-11-18(12-10-14)25-21(26)19-13-20(24-16(3)23-19)22-15(2)17-7-5-4-6-8-17/h4-13,15H,1-3H3,(H,25,26)(H,22,23,24). The molecule has 0 bridgehead atoms. The molecule has 3 rings (SSSR count). The van der Waals surface area contributed by atoms with Crippen LogP contribution in [-0.4, -0.2) is 15.9 Å². The molecular weight excluding hydrogens is 324 g/mol. The van der Waals surface area contributed by atoms with Crippen molar-refractivity contribution in [2.45, 2.75) is 26.8 Å². The van der Waals surface area contributed by atoms with Gasteiger partial charge in [0.1, 0.15) is 17.3 Å². The third-order valence-corrected chi connectivity index (χ3v) is 4.04. The molecule has 0 aliphatic carbocycles. The van der Waals surface area contributed by atoms with E-state index in [1.165, 1.54) is 0 Å². The number of carbonyl (C=O) groups excluding carboxylic acids is 1. The maximum Gasteiger partial charge on any atom is 0.274 e. The molecule has 0 radical (unpaired) electrons. The minimum absolute atomic E-state index is 0.0681. The highest BCUT2D eigenvalue weighted by molar-refractivity contribution is 6.03. The van der Waals surface area contributed by atoms with Crippen LogP contribution >= 0.6 is 0 Å². The van der Waals surface area contributed by atoms with E-state index in [0.29, 0.717) is 17.3 Å². The molecule has 1 heterocycles. The highest BCUT2D eigenvalue weighted by atomic mass is 16.1. The van der Waals surface area contributed by atoms with Crippen molar-refractivity contribution in [3.63, 3.8) is 0 Å². The zero-order chi connectivity index (χ0) is 18.5. The minimum atomic E-state index is -0.255. The van der Waals surface area contributed by atoms with Crippen LogP contribution in [0.1, 0.15) is 40.4 Å². The number of nitrogens with one attached hydrogen (secondary N) is 2. The number of nitrogens with zero attached hydrogens (tertiary/aromatic N) is 2. The van der Waals surface area contributed by atoms with Crippen molar-refractivity contribution in [1.82, 2.24) is 9.97 Å².